The molecule has 0 radical (unpaired) electrons. The Balaban J connectivity index is 1.58. The quantitative estimate of drug-likeness (QED) is 0.436. The lowest BCUT2D eigenvalue weighted by molar-refractivity contribution is -0.121. The number of methoxy groups -OCH3 is 1. The van der Waals surface area contributed by atoms with Crippen LogP contribution < -0.4 is 0 Å². The SMILES string of the molecule is C=CCC1(C(O)C/C=C/[C@H]2[C@H](O)CC(=O)[C@@H]2CCc2ccc(C(=O)OC)cc2)CCC1. The van der Waals surface area contributed by atoms with Crippen LogP contribution in [-0.2, 0) is 16.0 Å². The van der Waals surface area contributed by atoms with Crippen LogP contribution in [0.3, 0.4) is 0 Å². The molecule has 0 bridgehead atoms. The van der Waals surface area contributed by atoms with Crippen molar-refractivity contribution in [3.63, 3.8) is 0 Å². The fraction of sp³-hybridized carbons (Fsp3) is 0.538. The van der Waals surface area contributed by atoms with Gasteiger partial charge in [-0.1, -0.05) is 36.8 Å². The molecule has 1 aromatic rings. The minimum Gasteiger partial charge on any atom is -0.465 e. The Morgan fingerprint density at radius 2 is 2.03 bits per heavy atom. The standard InChI is InChI=1S/C26H34O5/c1-3-14-26(15-5-16-26)24(29)7-4-6-20-21(23(28)17-22(20)27)13-10-18-8-11-19(12-9-18)25(30)31-2/h3-4,6,8-9,11-12,20-22,24,27,29H,1,5,7,10,13-17H2,2H3/b6-4+/t20-,21-,22-,24?/m1/s1. The first-order valence-electron chi connectivity index (χ1n) is 11.2. The van der Waals surface area contributed by atoms with E-state index in [1.807, 2.05) is 30.4 Å². The third-order valence-corrected chi connectivity index (χ3v) is 7.18. The Labute approximate surface area is 184 Å². The van der Waals surface area contributed by atoms with Gasteiger partial charge in [-0.05, 0) is 56.2 Å². The highest BCUT2D eigenvalue weighted by Gasteiger charge is 2.42. The summed E-state index contributed by atoms with van der Waals surface area (Å²) in [4.78, 5) is 24.0. The molecule has 2 N–H and O–H groups in total. The Kier molecular flexibility index (Phi) is 7.84. The third kappa shape index (κ3) is 5.34. The van der Waals surface area contributed by atoms with Gasteiger partial charge in [0.25, 0.3) is 0 Å². The molecule has 168 valence electrons. The Hall–Kier alpha value is -2.24. The maximum Gasteiger partial charge on any atom is 0.337 e. The fourth-order valence-corrected chi connectivity index (χ4v) is 5.05. The van der Waals surface area contributed by atoms with Crippen molar-refractivity contribution in [3.05, 3.63) is 60.2 Å². The lowest BCUT2D eigenvalue weighted by Crippen LogP contribution is -2.40. The van der Waals surface area contributed by atoms with Gasteiger partial charge in [-0.15, -0.1) is 6.58 Å². The van der Waals surface area contributed by atoms with Gasteiger partial charge in [0, 0.05) is 23.7 Å². The van der Waals surface area contributed by atoms with Crippen molar-refractivity contribution in [1.82, 2.24) is 0 Å². The summed E-state index contributed by atoms with van der Waals surface area (Å²) in [5.41, 5.74) is 1.49. The van der Waals surface area contributed by atoms with Crippen LogP contribution in [0.1, 0.15) is 60.9 Å². The molecule has 3 rings (SSSR count). The molecule has 5 heteroatoms. The minimum atomic E-state index is -0.668. The van der Waals surface area contributed by atoms with Gasteiger partial charge in [0.15, 0.2) is 0 Å². The summed E-state index contributed by atoms with van der Waals surface area (Å²) in [5.74, 6) is -0.721. The first kappa shape index (κ1) is 23.4. The zero-order valence-corrected chi connectivity index (χ0v) is 18.3. The summed E-state index contributed by atoms with van der Waals surface area (Å²) in [6, 6.07) is 7.21. The summed E-state index contributed by atoms with van der Waals surface area (Å²) in [7, 11) is 1.35. The number of aliphatic hydroxyl groups is 2. The van der Waals surface area contributed by atoms with E-state index in [0.717, 1.165) is 31.2 Å². The van der Waals surface area contributed by atoms with E-state index in [9.17, 15) is 19.8 Å². The molecule has 2 aliphatic carbocycles. The molecule has 4 atom stereocenters. The molecule has 31 heavy (non-hydrogen) atoms. The smallest absolute Gasteiger partial charge is 0.337 e. The molecule has 5 nitrogen and oxygen atoms in total. The number of aryl methyl sites for hydroxylation is 1. The molecule has 0 aliphatic heterocycles. The van der Waals surface area contributed by atoms with Gasteiger partial charge < -0.3 is 14.9 Å². The predicted molar refractivity (Wildman–Crippen MR) is 120 cm³/mol. The van der Waals surface area contributed by atoms with Gasteiger partial charge in [-0.25, -0.2) is 4.79 Å². The molecule has 0 amide bonds. The summed E-state index contributed by atoms with van der Waals surface area (Å²) < 4.78 is 4.72. The van der Waals surface area contributed by atoms with Crippen molar-refractivity contribution < 1.29 is 24.5 Å². The Bertz CT molecular complexity index is 806. The number of rotatable bonds is 10. The van der Waals surface area contributed by atoms with Crippen molar-refractivity contribution >= 4 is 11.8 Å². The van der Waals surface area contributed by atoms with Gasteiger partial charge >= 0.3 is 5.97 Å². The molecule has 1 unspecified atom stereocenters. The van der Waals surface area contributed by atoms with E-state index in [1.165, 1.54) is 7.11 Å². The lowest BCUT2D eigenvalue weighted by atomic mass is 9.62. The highest BCUT2D eigenvalue weighted by atomic mass is 16.5. The molecule has 0 spiro atoms. The summed E-state index contributed by atoms with van der Waals surface area (Å²) >= 11 is 0. The van der Waals surface area contributed by atoms with Gasteiger partial charge in [0.2, 0.25) is 0 Å². The maximum absolute atomic E-state index is 12.5. The zero-order chi connectivity index (χ0) is 22.4. The number of hydrogen-bond acceptors (Lipinski definition) is 5. The minimum absolute atomic E-state index is 0.0496. The van der Waals surface area contributed by atoms with Crippen LogP contribution in [0.15, 0.2) is 49.1 Å². The number of aliphatic hydroxyl groups excluding tert-OH is 2. The van der Waals surface area contributed by atoms with E-state index in [1.54, 1.807) is 12.1 Å². The molecular weight excluding hydrogens is 392 g/mol. The fourth-order valence-electron chi connectivity index (χ4n) is 5.05. The zero-order valence-electron chi connectivity index (χ0n) is 18.3. The number of ketones is 1. The molecule has 0 aromatic heterocycles. The van der Waals surface area contributed by atoms with E-state index in [4.69, 9.17) is 4.74 Å². The van der Waals surface area contributed by atoms with Crippen LogP contribution in [0.4, 0.5) is 0 Å². The normalized spacial score (nSPS) is 25.9. The topological polar surface area (TPSA) is 83.8 Å². The molecule has 1 aromatic carbocycles. The van der Waals surface area contributed by atoms with Crippen molar-refractivity contribution in [2.24, 2.45) is 17.3 Å². The largest absolute Gasteiger partial charge is 0.465 e. The van der Waals surface area contributed by atoms with Crippen LogP contribution in [0, 0.1) is 17.3 Å². The number of esters is 1. The van der Waals surface area contributed by atoms with Crippen LogP contribution in [0.25, 0.3) is 0 Å². The first-order chi connectivity index (χ1) is 14.9. The van der Waals surface area contributed by atoms with Crippen LogP contribution in [-0.4, -0.2) is 41.3 Å². The van der Waals surface area contributed by atoms with E-state index < -0.39 is 12.2 Å². The first-order valence-corrected chi connectivity index (χ1v) is 11.2. The average Bonchev–Trinajstić information content (AvgIpc) is 3.01. The van der Waals surface area contributed by atoms with Crippen LogP contribution >= 0.6 is 0 Å². The highest BCUT2D eigenvalue weighted by molar-refractivity contribution is 5.89. The van der Waals surface area contributed by atoms with E-state index in [2.05, 4.69) is 6.58 Å². The van der Waals surface area contributed by atoms with Gasteiger partial charge in [-0.2, -0.15) is 0 Å². The number of allylic oxidation sites excluding steroid dienone is 1. The van der Waals surface area contributed by atoms with Crippen molar-refractivity contribution in [3.8, 4) is 0 Å². The third-order valence-electron chi connectivity index (χ3n) is 7.18. The average molecular weight is 427 g/mol. The van der Waals surface area contributed by atoms with Crippen molar-refractivity contribution in [2.45, 2.75) is 63.6 Å². The highest BCUT2D eigenvalue weighted by Crippen LogP contribution is 2.48. The predicted octanol–water partition coefficient (Wildman–Crippen LogP) is 4.03. The second kappa shape index (κ2) is 10.4. The number of Topliss-reactive ketones (excluding diaryl/α,β-unsaturated/α-hetero) is 1. The molecule has 0 saturated heterocycles. The number of benzene rings is 1. The monoisotopic (exact) mass is 426 g/mol. The van der Waals surface area contributed by atoms with Gasteiger partial charge in [0.1, 0.15) is 5.78 Å². The summed E-state index contributed by atoms with van der Waals surface area (Å²) in [6.45, 7) is 3.82. The second-order valence-corrected chi connectivity index (χ2v) is 9.04. The lowest BCUT2D eigenvalue weighted by Gasteiger charge is -2.45. The van der Waals surface area contributed by atoms with E-state index >= 15 is 0 Å². The van der Waals surface area contributed by atoms with Gasteiger partial charge in [0.05, 0.1) is 24.9 Å². The molecule has 2 fully saturated rings. The summed E-state index contributed by atoms with van der Waals surface area (Å²) in [6.07, 6.45) is 10.8. The van der Waals surface area contributed by atoms with Crippen LogP contribution in [0.2, 0.25) is 0 Å². The van der Waals surface area contributed by atoms with Gasteiger partial charge in [-0.3, -0.25) is 4.79 Å². The van der Waals surface area contributed by atoms with Crippen molar-refractivity contribution in [1.29, 1.82) is 0 Å². The molecular formula is C26H34O5. The Morgan fingerprint density at radius 1 is 1.32 bits per heavy atom. The van der Waals surface area contributed by atoms with E-state index in [-0.39, 0.29) is 35.4 Å². The summed E-state index contributed by atoms with van der Waals surface area (Å²) in [5, 5.41) is 21.1. The number of hydrogen-bond donors (Lipinski definition) is 2. The van der Waals surface area contributed by atoms with Crippen LogP contribution in [0.5, 0.6) is 0 Å². The molecule has 2 saturated carbocycles. The van der Waals surface area contributed by atoms with E-state index in [0.29, 0.717) is 24.8 Å². The second-order valence-electron chi connectivity index (χ2n) is 9.04. The number of carbonyl (C=O) groups excluding carboxylic acids is 2. The molecule has 0 heterocycles. The maximum atomic E-state index is 12.5. The number of ether oxygens (including phenoxy) is 1. The molecule has 2 aliphatic rings. The number of carbonyl (C=O) groups is 2. The Morgan fingerprint density at radius 3 is 2.61 bits per heavy atom. The van der Waals surface area contributed by atoms with Crippen molar-refractivity contribution in [2.75, 3.05) is 7.11 Å².